The third kappa shape index (κ3) is 4.08. The smallest absolute Gasteiger partial charge is 0.119 e. The lowest BCUT2D eigenvalue weighted by molar-refractivity contribution is 0.412. The molecule has 1 unspecified atom stereocenters. The molecule has 2 aromatic carbocycles. The zero-order valence-corrected chi connectivity index (χ0v) is 12.4. The van der Waals surface area contributed by atoms with Gasteiger partial charge in [-0.1, -0.05) is 42.5 Å². The highest BCUT2D eigenvalue weighted by Gasteiger charge is 2.15. The van der Waals surface area contributed by atoms with Crippen LogP contribution in [-0.2, 0) is 0 Å². The maximum absolute atomic E-state index is 9.05. The molecule has 3 nitrogen and oxygen atoms in total. The molecule has 0 radical (unpaired) electrons. The number of nitriles is 1. The summed E-state index contributed by atoms with van der Waals surface area (Å²) in [4.78, 5) is 0. The van der Waals surface area contributed by atoms with Crippen molar-refractivity contribution in [3.63, 3.8) is 0 Å². The van der Waals surface area contributed by atoms with Gasteiger partial charge in [0.15, 0.2) is 0 Å². The standard InChI is InChI=1S/C18H20N2O/c1-14(16-9-6-10-17(13-16)21-2)20-18(11-12-19)15-7-4-3-5-8-15/h3-10,13-14,18,20H,11H2,1-2H3/t14-,18?/m1/s1. The van der Waals surface area contributed by atoms with Gasteiger partial charge in [0.25, 0.3) is 0 Å². The largest absolute Gasteiger partial charge is 0.497 e. The van der Waals surface area contributed by atoms with Crippen LogP contribution in [0.1, 0.15) is 36.6 Å². The van der Waals surface area contributed by atoms with Gasteiger partial charge in [-0.15, -0.1) is 0 Å². The summed E-state index contributed by atoms with van der Waals surface area (Å²) < 4.78 is 5.26. The third-order valence-electron chi connectivity index (χ3n) is 3.54. The number of benzene rings is 2. The Balaban J connectivity index is 2.14. The van der Waals surface area contributed by atoms with Gasteiger partial charge in [0.2, 0.25) is 0 Å². The molecular formula is C18H20N2O. The van der Waals surface area contributed by atoms with E-state index in [0.29, 0.717) is 6.42 Å². The molecule has 0 aromatic heterocycles. The second kappa shape index (κ2) is 7.47. The molecule has 0 saturated heterocycles. The summed E-state index contributed by atoms with van der Waals surface area (Å²) in [5.74, 6) is 0.845. The van der Waals surface area contributed by atoms with E-state index in [4.69, 9.17) is 10.00 Å². The molecular weight excluding hydrogens is 260 g/mol. The van der Waals surface area contributed by atoms with Crippen molar-refractivity contribution < 1.29 is 4.74 Å². The first-order valence-electron chi connectivity index (χ1n) is 7.06. The van der Waals surface area contributed by atoms with Gasteiger partial charge in [-0.3, -0.25) is 0 Å². The Morgan fingerprint density at radius 1 is 1.10 bits per heavy atom. The number of nitrogens with one attached hydrogen (secondary N) is 1. The lowest BCUT2D eigenvalue weighted by Gasteiger charge is -2.22. The molecule has 0 aliphatic carbocycles. The second-order valence-electron chi connectivity index (χ2n) is 4.99. The Morgan fingerprint density at radius 3 is 2.48 bits per heavy atom. The van der Waals surface area contributed by atoms with Gasteiger partial charge in [-0.25, -0.2) is 0 Å². The second-order valence-corrected chi connectivity index (χ2v) is 4.99. The summed E-state index contributed by atoms with van der Waals surface area (Å²) in [5.41, 5.74) is 2.28. The molecule has 21 heavy (non-hydrogen) atoms. The maximum atomic E-state index is 9.05. The Labute approximate surface area is 126 Å². The molecule has 0 aliphatic heterocycles. The van der Waals surface area contributed by atoms with E-state index in [9.17, 15) is 0 Å². The minimum absolute atomic E-state index is 0.0254. The van der Waals surface area contributed by atoms with Crippen molar-refractivity contribution in [1.29, 1.82) is 5.26 Å². The van der Waals surface area contributed by atoms with Gasteiger partial charge in [0.1, 0.15) is 5.75 Å². The SMILES string of the molecule is COc1cccc([C@@H](C)NC(CC#N)c2ccccc2)c1. The van der Waals surface area contributed by atoms with E-state index in [1.807, 2.05) is 48.5 Å². The monoisotopic (exact) mass is 280 g/mol. The molecule has 0 spiro atoms. The molecule has 2 atom stereocenters. The Morgan fingerprint density at radius 2 is 1.81 bits per heavy atom. The van der Waals surface area contributed by atoms with Crippen molar-refractivity contribution in [2.24, 2.45) is 0 Å². The number of hydrogen-bond donors (Lipinski definition) is 1. The van der Waals surface area contributed by atoms with Gasteiger partial charge in [0, 0.05) is 12.1 Å². The van der Waals surface area contributed by atoms with Crippen LogP contribution in [-0.4, -0.2) is 7.11 Å². The summed E-state index contributed by atoms with van der Waals surface area (Å²) >= 11 is 0. The predicted octanol–water partition coefficient (Wildman–Crippen LogP) is 4.00. The zero-order chi connectivity index (χ0) is 15.1. The molecule has 0 fully saturated rings. The number of nitrogens with zero attached hydrogens (tertiary/aromatic N) is 1. The van der Waals surface area contributed by atoms with Gasteiger partial charge in [-0.2, -0.15) is 5.26 Å². The topological polar surface area (TPSA) is 45.0 Å². The summed E-state index contributed by atoms with van der Waals surface area (Å²) in [7, 11) is 1.67. The van der Waals surface area contributed by atoms with Crippen molar-refractivity contribution in [3.8, 4) is 11.8 Å². The first-order chi connectivity index (χ1) is 10.2. The van der Waals surface area contributed by atoms with Gasteiger partial charge in [-0.05, 0) is 30.2 Å². The Kier molecular flexibility index (Phi) is 5.36. The molecule has 0 saturated carbocycles. The number of ether oxygens (including phenoxy) is 1. The molecule has 0 amide bonds. The van der Waals surface area contributed by atoms with Gasteiger partial charge >= 0.3 is 0 Å². The fourth-order valence-electron chi connectivity index (χ4n) is 2.36. The zero-order valence-electron chi connectivity index (χ0n) is 12.4. The number of hydrogen-bond acceptors (Lipinski definition) is 3. The first-order valence-corrected chi connectivity index (χ1v) is 7.06. The van der Waals surface area contributed by atoms with Crippen LogP contribution in [0.2, 0.25) is 0 Å². The van der Waals surface area contributed by atoms with Crippen LogP contribution in [0.15, 0.2) is 54.6 Å². The fourth-order valence-corrected chi connectivity index (χ4v) is 2.36. The van der Waals surface area contributed by atoms with E-state index in [2.05, 4.69) is 24.4 Å². The van der Waals surface area contributed by atoms with E-state index in [0.717, 1.165) is 16.9 Å². The van der Waals surface area contributed by atoms with Crippen molar-refractivity contribution >= 4 is 0 Å². The van der Waals surface area contributed by atoms with Crippen molar-refractivity contribution in [2.45, 2.75) is 25.4 Å². The molecule has 0 heterocycles. The molecule has 108 valence electrons. The molecule has 3 heteroatoms. The first kappa shape index (κ1) is 15.1. The van der Waals surface area contributed by atoms with Crippen LogP contribution in [0.25, 0.3) is 0 Å². The van der Waals surface area contributed by atoms with Crippen molar-refractivity contribution in [1.82, 2.24) is 5.32 Å². The lowest BCUT2D eigenvalue weighted by Crippen LogP contribution is -2.24. The molecule has 1 N–H and O–H groups in total. The van der Waals surface area contributed by atoms with Crippen molar-refractivity contribution in [2.75, 3.05) is 7.11 Å². The minimum Gasteiger partial charge on any atom is -0.497 e. The summed E-state index contributed by atoms with van der Waals surface area (Å²) in [6.45, 7) is 2.10. The third-order valence-corrected chi connectivity index (χ3v) is 3.54. The molecule has 0 bridgehead atoms. The summed E-state index contributed by atoms with van der Waals surface area (Å²) in [6, 6.07) is 20.5. The number of methoxy groups -OCH3 is 1. The fraction of sp³-hybridized carbons (Fsp3) is 0.278. The quantitative estimate of drug-likeness (QED) is 0.869. The van der Waals surface area contributed by atoms with Gasteiger partial charge in [0.05, 0.1) is 19.6 Å². The van der Waals surface area contributed by atoms with E-state index in [1.54, 1.807) is 7.11 Å². The minimum atomic E-state index is 0.0254. The van der Waals surface area contributed by atoms with E-state index < -0.39 is 0 Å². The number of rotatable bonds is 6. The van der Waals surface area contributed by atoms with Crippen LogP contribution in [0.4, 0.5) is 0 Å². The highest BCUT2D eigenvalue weighted by Crippen LogP contribution is 2.24. The average molecular weight is 280 g/mol. The highest BCUT2D eigenvalue weighted by atomic mass is 16.5. The maximum Gasteiger partial charge on any atom is 0.119 e. The van der Waals surface area contributed by atoms with E-state index in [1.165, 1.54) is 0 Å². The van der Waals surface area contributed by atoms with E-state index in [-0.39, 0.29) is 12.1 Å². The average Bonchev–Trinajstić information content (AvgIpc) is 2.55. The molecule has 0 aliphatic rings. The van der Waals surface area contributed by atoms with Crippen LogP contribution >= 0.6 is 0 Å². The van der Waals surface area contributed by atoms with Crippen LogP contribution < -0.4 is 10.1 Å². The van der Waals surface area contributed by atoms with Crippen LogP contribution in [0.3, 0.4) is 0 Å². The van der Waals surface area contributed by atoms with Crippen molar-refractivity contribution in [3.05, 3.63) is 65.7 Å². The summed E-state index contributed by atoms with van der Waals surface area (Å²) in [5, 5.41) is 12.6. The highest BCUT2D eigenvalue weighted by molar-refractivity contribution is 5.30. The van der Waals surface area contributed by atoms with Crippen LogP contribution in [0.5, 0.6) is 5.75 Å². The molecule has 2 aromatic rings. The summed E-state index contributed by atoms with van der Waals surface area (Å²) in [6.07, 6.45) is 0.443. The lowest BCUT2D eigenvalue weighted by atomic mass is 10.0. The normalized spacial score (nSPS) is 13.2. The Hall–Kier alpha value is -2.31. The van der Waals surface area contributed by atoms with E-state index >= 15 is 0 Å². The predicted molar refractivity (Wildman–Crippen MR) is 84.0 cm³/mol. The van der Waals surface area contributed by atoms with Crippen LogP contribution in [0, 0.1) is 11.3 Å². The Bertz CT molecular complexity index is 604. The molecule has 2 rings (SSSR count). The van der Waals surface area contributed by atoms with Gasteiger partial charge < -0.3 is 10.1 Å².